The number of aryl methyl sites for hydroxylation is 1. The number of aromatic nitrogens is 4. The highest BCUT2D eigenvalue weighted by atomic mass is 19.1. The molecule has 0 aliphatic carbocycles. The van der Waals surface area contributed by atoms with E-state index in [-0.39, 0.29) is 23.4 Å². The monoisotopic (exact) mass is 449 g/mol. The van der Waals surface area contributed by atoms with Gasteiger partial charge in [-0.1, -0.05) is 12.1 Å². The largest absolute Gasteiger partial charge is 0.497 e. The highest BCUT2D eigenvalue weighted by molar-refractivity contribution is 5.78. The summed E-state index contributed by atoms with van der Waals surface area (Å²) in [5.41, 5.74) is 0.196. The third-order valence-corrected chi connectivity index (χ3v) is 5.13. The minimum atomic E-state index is -0.677. The predicted octanol–water partition coefficient (Wildman–Crippen LogP) is 1.62. The average Bonchev–Trinajstić information content (AvgIpc) is 2.84. The molecule has 0 bridgehead atoms. The number of amides is 1. The van der Waals surface area contributed by atoms with E-state index in [1.807, 2.05) is 0 Å². The molecule has 0 saturated heterocycles. The lowest BCUT2D eigenvalue weighted by Crippen LogP contribution is -2.43. The molecule has 0 fully saturated rings. The predicted molar refractivity (Wildman–Crippen MR) is 119 cm³/mol. The first-order valence-electron chi connectivity index (χ1n) is 9.99. The molecule has 0 aliphatic heterocycles. The number of hydrogen-bond acceptors (Lipinski definition) is 6. The normalized spacial score (nSPS) is 10.9. The van der Waals surface area contributed by atoms with Crippen LogP contribution in [0.3, 0.4) is 0 Å². The molecule has 0 atom stereocenters. The van der Waals surface area contributed by atoms with Gasteiger partial charge in [0.25, 0.3) is 5.56 Å². The third kappa shape index (κ3) is 4.49. The second-order valence-corrected chi connectivity index (χ2v) is 7.30. The molecule has 2 aromatic heterocycles. The maximum absolute atomic E-state index is 13.0. The summed E-state index contributed by atoms with van der Waals surface area (Å²) in [6.45, 7) is -0.334. The Bertz CT molecular complexity index is 1440. The smallest absolute Gasteiger partial charge is 0.332 e. The van der Waals surface area contributed by atoms with Crippen LogP contribution in [-0.2, 0) is 24.9 Å². The fourth-order valence-electron chi connectivity index (χ4n) is 3.30. The molecule has 0 saturated carbocycles. The molecule has 0 unspecified atom stereocenters. The fourth-order valence-corrected chi connectivity index (χ4v) is 3.30. The summed E-state index contributed by atoms with van der Waals surface area (Å²) < 4.78 is 20.2. The number of fused-ring (bicyclic) bond motifs is 1. The van der Waals surface area contributed by atoms with Gasteiger partial charge in [-0.15, -0.1) is 0 Å². The topological polar surface area (TPSA) is 108 Å². The number of carbonyl (C=O) groups is 1. The molecular weight excluding hydrogens is 429 g/mol. The Morgan fingerprint density at radius 1 is 1.09 bits per heavy atom. The van der Waals surface area contributed by atoms with Crippen LogP contribution >= 0.6 is 0 Å². The third-order valence-electron chi connectivity index (χ3n) is 5.13. The number of carbonyl (C=O) groups excluding carboxylic acids is 1. The Morgan fingerprint density at radius 2 is 1.79 bits per heavy atom. The number of ether oxygens (including phenoxy) is 1. The first kappa shape index (κ1) is 21.9. The van der Waals surface area contributed by atoms with Gasteiger partial charge < -0.3 is 10.1 Å². The lowest BCUT2D eigenvalue weighted by atomic mass is 10.2. The molecule has 2 heterocycles. The molecule has 4 rings (SSSR count). The van der Waals surface area contributed by atoms with Gasteiger partial charge in [-0.05, 0) is 42.0 Å². The van der Waals surface area contributed by atoms with Crippen molar-refractivity contribution in [1.82, 2.24) is 24.4 Å². The highest BCUT2D eigenvalue weighted by Crippen LogP contribution is 2.20. The van der Waals surface area contributed by atoms with E-state index in [9.17, 15) is 18.8 Å². The van der Waals surface area contributed by atoms with Crippen LogP contribution in [0.2, 0.25) is 0 Å². The zero-order chi connectivity index (χ0) is 23.5. The lowest BCUT2D eigenvalue weighted by molar-refractivity contribution is -0.121. The Hall–Kier alpha value is -4.34. The molecule has 1 amide bonds. The van der Waals surface area contributed by atoms with Gasteiger partial charge in [-0.3, -0.25) is 18.7 Å². The van der Waals surface area contributed by atoms with E-state index in [1.165, 1.54) is 42.1 Å². The molecule has 33 heavy (non-hydrogen) atoms. The minimum absolute atomic E-state index is 0.112. The SMILES string of the molecule is COc1ccc(-c2ncc3c(=O)n(CC(=O)NCc4ccc(F)cc4)c(=O)n(C)c3n2)cc1. The summed E-state index contributed by atoms with van der Waals surface area (Å²) in [7, 11) is 3.03. The van der Waals surface area contributed by atoms with Gasteiger partial charge in [-0.25, -0.2) is 19.2 Å². The van der Waals surface area contributed by atoms with Gasteiger partial charge in [0, 0.05) is 25.4 Å². The maximum atomic E-state index is 13.0. The molecule has 2 aromatic carbocycles. The minimum Gasteiger partial charge on any atom is -0.497 e. The van der Waals surface area contributed by atoms with Crippen LogP contribution in [0, 0.1) is 5.82 Å². The van der Waals surface area contributed by atoms with Crippen molar-refractivity contribution in [3.8, 4) is 17.1 Å². The molecular formula is C23H20FN5O4. The quantitative estimate of drug-likeness (QED) is 0.479. The van der Waals surface area contributed by atoms with Crippen molar-refractivity contribution in [2.24, 2.45) is 7.05 Å². The number of methoxy groups -OCH3 is 1. The summed E-state index contributed by atoms with van der Waals surface area (Å²) in [6, 6.07) is 12.7. The number of hydrogen-bond donors (Lipinski definition) is 1. The van der Waals surface area contributed by atoms with Gasteiger partial charge in [0.15, 0.2) is 11.5 Å². The summed E-state index contributed by atoms with van der Waals surface area (Å²) in [4.78, 5) is 46.7. The number of halogens is 1. The zero-order valence-corrected chi connectivity index (χ0v) is 17.9. The van der Waals surface area contributed by atoms with Crippen LogP contribution in [0.25, 0.3) is 22.4 Å². The molecule has 0 radical (unpaired) electrons. The Balaban J connectivity index is 1.61. The molecule has 10 heteroatoms. The van der Waals surface area contributed by atoms with Crippen LogP contribution in [0.1, 0.15) is 5.56 Å². The van der Waals surface area contributed by atoms with Crippen molar-refractivity contribution in [3.05, 3.63) is 86.9 Å². The number of nitrogens with zero attached hydrogens (tertiary/aromatic N) is 4. The van der Waals surface area contributed by atoms with Crippen LogP contribution in [0.15, 0.2) is 64.3 Å². The molecule has 4 aromatic rings. The van der Waals surface area contributed by atoms with Gasteiger partial charge >= 0.3 is 5.69 Å². The van der Waals surface area contributed by atoms with E-state index < -0.39 is 23.7 Å². The van der Waals surface area contributed by atoms with Crippen molar-refractivity contribution in [1.29, 1.82) is 0 Å². The van der Waals surface area contributed by atoms with E-state index in [4.69, 9.17) is 4.74 Å². The van der Waals surface area contributed by atoms with E-state index in [0.717, 1.165) is 4.57 Å². The lowest BCUT2D eigenvalue weighted by Gasteiger charge is -2.11. The van der Waals surface area contributed by atoms with Gasteiger partial charge in [0.1, 0.15) is 23.5 Å². The van der Waals surface area contributed by atoms with E-state index in [0.29, 0.717) is 22.7 Å². The van der Waals surface area contributed by atoms with Crippen molar-refractivity contribution in [3.63, 3.8) is 0 Å². The fraction of sp³-hybridized carbons (Fsp3) is 0.174. The van der Waals surface area contributed by atoms with Gasteiger partial charge in [-0.2, -0.15) is 0 Å². The Morgan fingerprint density at radius 3 is 2.45 bits per heavy atom. The Labute approximate surface area is 187 Å². The van der Waals surface area contributed by atoms with E-state index in [1.54, 1.807) is 31.4 Å². The molecule has 168 valence electrons. The highest BCUT2D eigenvalue weighted by Gasteiger charge is 2.16. The second-order valence-electron chi connectivity index (χ2n) is 7.30. The first-order valence-corrected chi connectivity index (χ1v) is 9.99. The van der Waals surface area contributed by atoms with Crippen molar-refractivity contribution < 1.29 is 13.9 Å². The van der Waals surface area contributed by atoms with Crippen molar-refractivity contribution in [2.75, 3.05) is 7.11 Å². The zero-order valence-electron chi connectivity index (χ0n) is 17.9. The standard InChI is InChI=1S/C23H20FN5O4/c1-28-21-18(12-26-20(27-21)15-5-9-17(33-2)10-6-15)22(31)29(23(28)32)13-19(30)25-11-14-3-7-16(24)8-4-14/h3-10,12H,11,13H2,1-2H3,(H,25,30). The number of benzene rings is 2. The average molecular weight is 449 g/mol. The second kappa shape index (κ2) is 9.03. The first-order chi connectivity index (χ1) is 15.9. The maximum Gasteiger partial charge on any atom is 0.332 e. The molecule has 1 N–H and O–H groups in total. The number of nitrogens with one attached hydrogen (secondary N) is 1. The van der Waals surface area contributed by atoms with Crippen molar-refractivity contribution in [2.45, 2.75) is 13.1 Å². The summed E-state index contributed by atoms with van der Waals surface area (Å²) >= 11 is 0. The summed E-state index contributed by atoms with van der Waals surface area (Å²) in [5.74, 6) is 0.101. The van der Waals surface area contributed by atoms with Crippen LogP contribution in [-0.4, -0.2) is 32.1 Å². The summed E-state index contributed by atoms with van der Waals surface area (Å²) in [5, 5.41) is 2.73. The molecule has 0 aliphatic rings. The molecule has 9 nitrogen and oxygen atoms in total. The van der Waals surface area contributed by atoms with Crippen LogP contribution < -0.4 is 21.3 Å². The summed E-state index contributed by atoms with van der Waals surface area (Å²) in [6.07, 6.45) is 1.34. The van der Waals surface area contributed by atoms with Gasteiger partial charge in [0.05, 0.1) is 7.11 Å². The van der Waals surface area contributed by atoms with Gasteiger partial charge in [0.2, 0.25) is 5.91 Å². The van der Waals surface area contributed by atoms with E-state index in [2.05, 4.69) is 15.3 Å². The van der Waals surface area contributed by atoms with Crippen LogP contribution in [0.4, 0.5) is 4.39 Å². The van der Waals surface area contributed by atoms with E-state index >= 15 is 0 Å². The Kier molecular flexibility index (Phi) is 5.99. The molecule has 0 spiro atoms. The van der Waals surface area contributed by atoms with Crippen molar-refractivity contribution >= 4 is 16.9 Å². The number of rotatable bonds is 6. The van der Waals surface area contributed by atoms with Crippen LogP contribution in [0.5, 0.6) is 5.75 Å².